The molecular formula is C11H15F3N2O7S2. The first-order chi connectivity index (χ1) is 11.5. The van der Waals surface area contributed by atoms with E-state index in [4.69, 9.17) is 15.0 Å². The van der Waals surface area contributed by atoms with Crippen LogP contribution in [0.5, 0.6) is 0 Å². The van der Waals surface area contributed by atoms with Crippen LogP contribution in [0.3, 0.4) is 0 Å². The van der Waals surface area contributed by atoms with Crippen molar-refractivity contribution in [2.24, 2.45) is 0 Å². The van der Waals surface area contributed by atoms with Crippen LogP contribution in [0.15, 0.2) is 0 Å². The number of nitrogens with one attached hydrogen (secondary N) is 2. The molecule has 1 fully saturated rings. The Morgan fingerprint density at radius 1 is 1.24 bits per heavy atom. The van der Waals surface area contributed by atoms with E-state index in [0.29, 0.717) is 18.1 Å². The van der Waals surface area contributed by atoms with E-state index in [2.05, 4.69) is 15.4 Å². The highest BCUT2D eigenvalue weighted by Gasteiger charge is 2.38. The number of hydrogen-bond acceptors (Lipinski definition) is 7. The number of rotatable bonds is 8. The number of ether oxygens (including phenoxy) is 1. The predicted molar refractivity (Wildman–Crippen MR) is 82.1 cm³/mol. The molecule has 0 radical (unpaired) electrons. The van der Waals surface area contributed by atoms with Crippen LogP contribution in [0.1, 0.15) is 6.42 Å². The molecule has 4 N–H and O–H groups in total. The van der Waals surface area contributed by atoms with Crippen LogP contribution in [-0.2, 0) is 19.1 Å². The summed E-state index contributed by atoms with van der Waals surface area (Å²) in [7, 11) is 2.96. The van der Waals surface area contributed by atoms with Crippen LogP contribution in [0, 0.1) is 0 Å². The molecule has 0 aromatic carbocycles. The van der Waals surface area contributed by atoms with Gasteiger partial charge in [-0.25, -0.2) is 9.59 Å². The van der Waals surface area contributed by atoms with E-state index in [-0.39, 0.29) is 18.9 Å². The first kappa shape index (κ1) is 23.2. The molecule has 25 heavy (non-hydrogen) atoms. The Morgan fingerprint density at radius 2 is 1.80 bits per heavy atom. The molecule has 9 nitrogen and oxygen atoms in total. The lowest BCUT2D eigenvalue weighted by molar-refractivity contribution is -0.192. The fourth-order valence-electron chi connectivity index (χ4n) is 1.11. The van der Waals surface area contributed by atoms with E-state index in [0.717, 1.165) is 0 Å². The number of carboxylic acids is 2. The topological polar surface area (TPSA) is 142 Å². The van der Waals surface area contributed by atoms with Gasteiger partial charge in [-0.15, -0.1) is 0 Å². The normalized spacial score (nSPS) is 16.1. The van der Waals surface area contributed by atoms with Crippen molar-refractivity contribution in [3.8, 4) is 0 Å². The van der Waals surface area contributed by atoms with E-state index in [9.17, 15) is 27.6 Å². The van der Waals surface area contributed by atoms with Crippen molar-refractivity contribution in [2.75, 3.05) is 24.7 Å². The van der Waals surface area contributed by atoms with Crippen LogP contribution >= 0.6 is 21.6 Å². The summed E-state index contributed by atoms with van der Waals surface area (Å²) in [6, 6.07) is -0.609. The van der Waals surface area contributed by atoms with Gasteiger partial charge < -0.3 is 25.6 Å². The van der Waals surface area contributed by atoms with Crippen molar-refractivity contribution in [1.82, 2.24) is 10.6 Å². The van der Waals surface area contributed by atoms with Gasteiger partial charge >= 0.3 is 24.2 Å². The molecule has 0 unspecified atom stereocenters. The molecule has 0 bridgehead atoms. The number of carbonyl (C=O) groups is 4. The first-order valence-corrected chi connectivity index (χ1v) is 9.00. The Kier molecular flexibility index (Phi) is 10.8. The van der Waals surface area contributed by atoms with E-state index in [1.54, 1.807) is 0 Å². The van der Waals surface area contributed by atoms with E-state index < -0.39 is 30.2 Å². The number of amides is 2. The number of alkyl carbamates (subject to hydrolysis) is 1. The maximum atomic E-state index is 11.5. The number of alkyl halides is 3. The largest absolute Gasteiger partial charge is 0.490 e. The average molecular weight is 408 g/mol. The van der Waals surface area contributed by atoms with Crippen LogP contribution in [-0.4, -0.2) is 71.0 Å². The summed E-state index contributed by atoms with van der Waals surface area (Å²) in [5.74, 6) is -2.62. The van der Waals surface area contributed by atoms with Crippen LogP contribution < -0.4 is 10.6 Å². The summed E-state index contributed by atoms with van der Waals surface area (Å²) in [4.78, 5) is 41.3. The molecular weight excluding hydrogens is 393 g/mol. The Labute approximate surface area is 147 Å². The molecule has 14 heteroatoms. The second-order valence-corrected chi connectivity index (χ2v) is 6.88. The third-order valence-corrected chi connectivity index (χ3v) is 4.61. The van der Waals surface area contributed by atoms with E-state index in [1.807, 2.05) is 0 Å². The Bertz CT molecular complexity index is 491. The second-order valence-electron chi connectivity index (χ2n) is 4.18. The quantitative estimate of drug-likeness (QED) is 0.337. The highest BCUT2D eigenvalue weighted by molar-refractivity contribution is 8.76. The standard InChI is InChI=1S/C9H14N2O5S2.C2HF3O2/c12-7(13)1-3-17-18-4-2-10-8(14)6-5-16-9(15)11-6;3-2(4,5)1(6)7/h6H,1-5H2,(H,10,14)(H,11,15)(H,12,13);(H,6,7)/t6-;/m0./s1. The zero-order valence-electron chi connectivity index (χ0n) is 12.5. The number of aliphatic carboxylic acids is 2. The molecule has 1 aliphatic heterocycles. The maximum Gasteiger partial charge on any atom is 0.490 e. The minimum atomic E-state index is -5.08. The first-order valence-electron chi connectivity index (χ1n) is 6.51. The highest BCUT2D eigenvalue weighted by atomic mass is 33.1. The predicted octanol–water partition coefficient (Wildman–Crippen LogP) is 0.700. The lowest BCUT2D eigenvalue weighted by Gasteiger charge is -2.08. The summed E-state index contributed by atoms with van der Waals surface area (Å²) in [6.07, 6.45) is -5.52. The summed E-state index contributed by atoms with van der Waals surface area (Å²) in [5.41, 5.74) is 0. The van der Waals surface area contributed by atoms with Crippen LogP contribution in [0.4, 0.5) is 18.0 Å². The molecule has 0 aliphatic carbocycles. The number of halogens is 3. The highest BCUT2D eigenvalue weighted by Crippen LogP contribution is 2.20. The maximum absolute atomic E-state index is 11.5. The molecule has 1 heterocycles. The number of carboxylic acid groups (broad SMARTS) is 2. The van der Waals surface area contributed by atoms with Gasteiger partial charge in [0.25, 0.3) is 0 Å². The average Bonchev–Trinajstić information content (AvgIpc) is 2.92. The van der Waals surface area contributed by atoms with Gasteiger partial charge in [0.05, 0.1) is 6.42 Å². The van der Waals surface area contributed by atoms with Gasteiger partial charge in [0, 0.05) is 18.1 Å². The number of hydrogen-bond donors (Lipinski definition) is 4. The lowest BCUT2D eigenvalue weighted by Crippen LogP contribution is -2.43. The van der Waals surface area contributed by atoms with Gasteiger partial charge in [-0.3, -0.25) is 9.59 Å². The molecule has 0 spiro atoms. The molecule has 0 saturated carbocycles. The molecule has 144 valence electrons. The molecule has 1 aliphatic rings. The molecule has 0 aromatic heterocycles. The van der Waals surface area contributed by atoms with Crippen LogP contribution in [0.2, 0.25) is 0 Å². The monoisotopic (exact) mass is 408 g/mol. The molecule has 0 aromatic rings. The number of carbonyl (C=O) groups excluding carboxylic acids is 2. The third kappa shape index (κ3) is 12.2. The van der Waals surface area contributed by atoms with Crippen molar-refractivity contribution < 1.29 is 47.3 Å². The van der Waals surface area contributed by atoms with Crippen molar-refractivity contribution in [2.45, 2.75) is 18.6 Å². The van der Waals surface area contributed by atoms with Crippen molar-refractivity contribution in [3.05, 3.63) is 0 Å². The third-order valence-electron chi connectivity index (χ3n) is 2.20. The van der Waals surface area contributed by atoms with Gasteiger partial charge in [-0.1, -0.05) is 21.6 Å². The summed E-state index contributed by atoms with van der Waals surface area (Å²) in [6.45, 7) is 0.529. The number of cyclic esters (lactones) is 1. The molecule has 1 rings (SSSR count). The lowest BCUT2D eigenvalue weighted by atomic mass is 10.3. The fourth-order valence-corrected chi connectivity index (χ4v) is 3.00. The zero-order valence-corrected chi connectivity index (χ0v) is 14.1. The van der Waals surface area contributed by atoms with Crippen molar-refractivity contribution >= 4 is 45.5 Å². The molecule has 2 amide bonds. The van der Waals surface area contributed by atoms with E-state index >= 15 is 0 Å². The van der Waals surface area contributed by atoms with Crippen LogP contribution in [0.25, 0.3) is 0 Å². The van der Waals surface area contributed by atoms with Gasteiger partial charge in [-0.05, 0) is 0 Å². The van der Waals surface area contributed by atoms with Gasteiger partial charge in [0.1, 0.15) is 12.6 Å². The Hall–Kier alpha value is -1.83. The Balaban J connectivity index is 0.000000697. The summed E-state index contributed by atoms with van der Waals surface area (Å²) >= 11 is 0. The van der Waals surface area contributed by atoms with E-state index in [1.165, 1.54) is 21.6 Å². The summed E-state index contributed by atoms with van der Waals surface area (Å²) in [5, 5.41) is 20.6. The van der Waals surface area contributed by atoms with Gasteiger partial charge in [-0.2, -0.15) is 13.2 Å². The minimum Gasteiger partial charge on any atom is -0.481 e. The smallest absolute Gasteiger partial charge is 0.481 e. The second kappa shape index (κ2) is 11.7. The molecule has 1 saturated heterocycles. The van der Waals surface area contributed by atoms with Gasteiger partial charge in [0.2, 0.25) is 5.91 Å². The van der Waals surface area contributed by atoms with Crippen molar-refractivity contribution in [3.63, 3.8) is 0 Å². The van der Waals surface area contributed by atoms with Gasteiger partial charge in [0.15, 0.2) is 0 Å². The SMILES string of the molecule is O=C(O)C(F)(F)F.O=C(O)CCSSCCNC(=O)[C@@H]1COC(=O)N1. The molecule has 1 atom stereocenters. The Morgan fingerprint density at radius 3 is 2.24 bits per heavy atom. The zero-order chi connectivity index (χ0) is 19.5. The fraction of sp³-hybridized carbons (Fsp3) is 0.636. The van der Waals surface area contributed by atoms with Crippen molar-refractivity contribution in [1.29, 1.82) is 0 Å². The minimum absolute atomic E-state index is 0.0607. The summed E-state index contributed by atoms with van der Waals surface area (Å²) < 4.78 is 36.3.